The number of aliphatic imine (C=N–C) groups is 1. The number of ether oxygens (including phenoxy) is 1. The van der Waals surface area contributed by atoms with Crippen LogP contribution in [0.2, 0.25) is 0 Å². The number of imidazole rings is 1. The van der Waals surface area contributed by atoms with Crippen molar-refractivity contribution in [2.75, 3.05) is 21.2 Å². The highest BCUT2D eigenvalue weighted by Crippen LogP contribution is 2.31. The summed E-state index contributed by atoms with van der Waals surface area (Å²) < 4.78 is 7.21. The van der Waals surface area contributed by atoms with Crippen LogP contribution < -0.4 is 4.74 Å². The molecule has 1 aromatic carbocycles. The molecule has 0 saturated heterocycles. The lowest BCUT2D eigenvalue weighted by Gasteiger charge is -2.15. The molecule has 0 saturated carbocycles. The standard InChI is InChI=1S/C16H19N5O/c1-11-6-7-14(22-5)12(2)15(11)21-10-18-13(8-17)16(21)19-9-20(3)4/h6-7,9-10H,1-5H3/b19-9+. The van der Waals surface area contributed by atoms with E-state index in [0.717, 1.165) is 22.6 Å². The Labute approximate surface area is 130 Å². The number of hydrogen-bond donors (Lipinski definition) is 0. The van der Waals surface area contributed by atoms with Gasteiger partial charge in [-0.1, -0.05) is 6.07 Å². The van der Waals surface area contributed by atoms with E-state index in [4.69, 9.17) is 4.74 Å². The van der Waals surface area contributed by atoms with Crippen molar-refractivity contribution in [1.82, 2.24) is 14.5 Å². The first kappa shape index (κ1) is 15.6. The van der Waals surface area contributed by atoms with E-state index in [9.17, 15) is 5.26 Å². The molecule has 0 aliphatic rings. The number of benzene rings is 1. The first-order chi connectivity index (χ1) is 10.5. The van der Waals surface area contributed by atoms with Crippen LogP contribution in [0.3, 0.4) is 0 Å². The van der Waals surface area contributed by atoms with E-state index in [2.05, 4.69) is 16.0 Å². The van der Waals surface area contributed by atoms with Crippen LogP contribution in [-0.2, 0) is 0 Å². The van der Waals surface area contributed by atoms with Gasteiger partial charge in [-0.2, -0.15) is 5.26 Å². The smallest absolute Gasteiger partial charge is 0.185 e. The Morgan fingerprint density at radius 1 is 1.36 bits per heavy atom. The van der Waals surface area contributed by atoms with E-state index < -0.39 is 0 Å². The maximum Gasteiger partial charge on any atom is 0.185 e. The fourth-order valence-corrected chi connectivity index (χ4v) is 2.29. The summed E-state index contributed by atoms with van der Waals surface area (Å²) in [6.07, 6.45) is 3.27. The predicted octanol–water partition coefficient (Wildman–Crippen LogP) is 2.59. The lowest BCUT2D eigenvalue weighted by Crippen LogP contribution is -2.08. The molecule has 6 heteroatoms. The topological polar surface area (TPSA) is 66.4 Å². The molecule has 0 fully saturated rings. The summed E-state index contributed by atoms with van der Waals surface area (Å²) in [6, 6.07) is 5.99. The number of nitriles is 1. The van der Waals surface area contributed by atoms with Gasteiger partial charge in [0.05, 0.1) is 19.1 Å². The molecule has 0 amide bonds. The van der Waals surface area contributed by atoms with Crippen LogP contribution in [0.4, 0.5) is 5.82 Å². The molecule has 0 aliphatic heterocycles. The predicted molar refractivity (Wildman–Crippen MR) is 86.1 cm³/mol. The second kappa shape index (κ2) is 6.31. The van der Waals surface area contributed by atoms with Gasteiger partial charge in [-0.3, -0.25) is 4.57 Å². The van der Waals surface area contributed by atoms with Gasteiger partial charge in [-0.25, -0.2) is 9.98 Å². The number of aryl methyl sites for hydroxylation is 1. The van der Waals surface area contributed by atoms with Crippen LogP contribution in [0.5, 0.6) is 5.75 Å². The molecule has 0 radical (unpaired) electrons. The summed E-state index contributed by atoms with van der Waals surface area (Å²) in [5.41, 5.74) is 3.26. The largest absolute Gasteiger partial charge is 0.496 e. The van der Waals surface area contributed by atoms with Gasteiger partial charge in [-0.15, -0.1) is 0 Å². The number of methoxy groups -OCH3 is 1. The van der Waals surface area contributed by atoms with Crippen molar-refractivity contribution in [3.05, 3.63) is 35.3 Å². The number of hydrogen-bond acceptors (Lipinski definition) is 4. The van der Waals surface area contributed by atoms with Gasteiger partial charge in [0.25, 0.3) is 0 Å². The minimum Gasteiger partial charge on any atom is -0.496 e. The van der Waals surface area contributed by atoms with Crippen molar-refractivity contribution in [3.63, 3.8) is 0 Å². The first-order valence-corrected chi connectivity index (χ1v) is 6.82. The molecular weight excluding hydrogens is 278 g/mol. The number of aromatic nitrogens is 2. The monoisotopic (exact) mass is 297 g/mol. The Morgan fingerprint density at radius 2 is 2.09 bits per heavy atom. The molecule has 2 rings (SSSR count). The quantitative estimate of drug-likeness (QED) is 0.642. The summed E-state index contributed by atoms with van der Waals surface area (Å²) >= 11 is 0. The van der Waals surface area contributed by atoms with Gasteiger partial charge in [0.2, 0.25) is 0 Å². The molecule has 0 bridgehead atoms. The van der Waals surface area contributed by atoms with Gasteiger partial charge in [-0.05, 0) is 25.5 Å². The minimum absolute atomic E-state index is 0.291. The average Bonchev–Trinajstić information content (AvgIpc) is 2.88. The zero-order chi connectivity index (χ0) is 16.3. The van der Waals surface area contributed by atoms with Crippen molar-refractivity contribution >= 4 is 12.2 Å². The summed E-state index contributed by atoms with van der Waals surface area (Å²) in [7, 11) is 5.39. The lowest BCUT2D eigenvalue weighted by atomic mass is 10.1. The van der Waals surface area contributed by atoms with Crippen LogP contribution >= 0.6 is 0 Å². The third kappa shape index (κ3) is 2.79. The zero-order valence-corrected chi connectivity index (χ0v) is 13.5. The summed E-state index contributed by atoms with van der Waals surface area (Å²) in [4.78, 5) is 10.4. The summed E-state index contributed by atoms with van der Waals surface area (Å²) in [5.74, 6) is 1.30. The fraction of sp³-hybridized carbons (Fsp3) is 0.312. The van der Waals surface area contributed by atoms with Crippen LogP contribution in [0, 0.1) is 25.2 Å². The Bertz CT molecular complexity index is 753. The number of rotatable bonds is 4. The summed E-state index contributed by atoms with van der Waals surface area (Å²) in [5, 5.41) is 9.25. The minimum atomic E-state index is 0.291. The molecule has 6 nitrogen and oxygen atoms in total. The highest BCUT2D eigenvalue weighted by molar-refractivity contribution is 5.65. The summed E-state index contributed by atoms with van der Waals surface area (Å²) in [6.45, 7) is 3.99. The maximum absolute atomic E-state index is 9.25. The van der Waals surface area contributed by atoms with E-state index in [1.165, 1.54) is 0 Å². The van der Waals surface area contributed by atoms with Crippen molar-refractivity contribution in [1.29, 1.82) is 5.26 Å². The van der Waals surface area contributed by atoms with Gasteiger partial charge in [0, 0.05) is 19.7 Å². The molecule has 0 spiro atoms. The number of nitrogens with zero attached hydrogens (tertiary/aromatic N) is 5. The average molecular weight is 297 g/mol. The second-order valence-corrected chi connectivity index (χ2v) is 5.17. The highest BCUT2D eigenvalue weighted by atomic mass is 16.5. The SMILES string of the molecule is COc1ccc(C)c(-n2cnc(C#N)c2/N=C/N(C)C)c1C. The molecular formula is C16H19N5O. The molecule has 1 heterocycles. The van der Waals surface area contributed by atoms with Crippen molar-refractivity contribution in [2.45, 2.75) is 13.8 Å². The molecule has 1 aromatic heterocycles. The molecule has 0 atom stereocenters. The molecule has 0 N–H and O–H groups in total. The van der Waals surface area contributed by atoms with Gasteiger partial charge in [0.15, 0.2) is 11.5 Å². The lowest BCUT2D eigenvalue weighted by molar-refractivity contribution is 0.411. The third-order valence-corrected chi connectivity index (χ3v) is 3.30. The van der Waals surface area contributed by atoms with E-state index in [-0.39, 0.29) is 0 Å². The van der Waals surface area contributed by atoms with E-state index in [0.29, 0.717) is 11.5 Å². The van der Waals surface area contributed by atoms with Crippen molar-refractivity contribution < 1.29 is 4.74 Å². The Kier molecular flexibility index (Phi) is 4.47. The van der Waals surface area contributed by atoms with Crippen LogP contribution in [0.15, 0.2) is 23.5 Å². The zero-order valence-electron chi connectivity index (χ0n) is 13.5. The van der Waals surface area contributed by atoms with E-state index in [1.54, 1.807) is 19.8 Å². The van der Waals surface area contributed by atoms with Crippen LogP contribution in [-0.4, -0.2) is 42.0 Å². The van der Waals surface area contributed by atoms with Gasteiger partial charge >= 0.3 is 0 Å². The normalized spacial score (nSPS) is 10.7. The third-order valence-electron chi connectivity index (χ3n) is 3.30. The molecule has 2 aromatic rings. The van der Waals surface area contributed by atoms with Crippen molar-refractivity contribution in [3.8, 4) is 17.5 Å². The molecule has 0 unspecified atom stereocenters. The fourth-order valence-electron chi connectivity index (χ4n) is 2.29. The van der Waals surface area contributed by atoms with Crippen LogP contribution in [0.1, 0.15) is 16.8 Å². The first-order valence-electron chi connectivity index (χ1n) is 6.82. The van der Waals surface area contributed by atoms with E-state index >= 15 is 0 Å². The van der Waals surface area contributed by atoms with Crippen molar-refractivity contribution in [2.24, 2.45) is 4.99 Å². The Morgan fingerprint density at radius 3 is 2.68 bits per heavy atom. The Hall–Kier alpha value is -2.81. The Balaban J connectivity index is 2.69. The maximum atomic E-state index is 9.25. The highest BCUT2D eigenvalue weighted by Gasteiger charge is 2.16. The molecule has 114 valence electrons. The molecule has 22 heavy (non-hydrogen) atoms. The van der Waals surface area contributed by atoms with Gasteiger partial charge < -0.3 is 9.64 Å². The van der Waals surface area contributed by atoms with Gasteiger partial charge in [0.1, 0.15) is 18.1 Å². The van der Waals surface area contributed by atoms with E-state index in [1.807, 2.05) is 49.5 Å². The molecule has 0 aliphatic carbocycles. The second-order valence-electron chi connectivity index (χ2n) is 5.17. The van der Waals surface area contributed by atoms with Crippen LogP contribution in [0.25, 0.3) is 5.69 Å².